The van der Waals surface area contributed by atoms with Gasteiger partial charge in [0, 0.05) is 36.4 Å². The number of likely N-dealkylation sites (N-methyl/N-ethyl adjacent to an activating group) is 1. The number of benzene rings is 1. The summed E-state index contributed by atoms with van der Waals surface area (Å²) in [4.78, 5) is 9.22. The van der Waals surface area contributed by atoms with Crippen molar-refractivity contribution in [3.05, 3.63) is 30.5 Å². The van der Waals surface area contributed by atoms with Crippen molar-refractivity contribution in [2.75, 3.05) is 37.8 Å². The van der Waals surface area contributed by atoms with Crippen LogP contribution in [0.1, 0.15) is 12.8 Å². The molecule has 4 heteroatoms. The zero-order chi connectivity index (χ0) is 14.1. The summed E-state index contributed by atoms with van der Waals surface area (Å²) < 4.78 is 0. The summed E-state index contributed by atoms with van der Waals surface area (Å²) in [7, 11) is 4.33. The lowest BCUT2D eigenvalue weighted by Gasteiger charge is -2.38. The van der Waals surface area contributed by atoms with Gasteiger partial charge in [0.15, 0.2) is 0 Å². The van der Waals surface area contributed by atoms with E-state index in [4.69, 9.17) is 5.73 Å². The molecule has 1 aromatic carbocycles. The van der Waals surface area contributed by atoms with Gasteiger partial charge in [-0.15, -0.1) is 0 Å². The monoisotopic (exact) mass is 270 g/mol. The van der Waals surface area contributed by atoms with E-state index in [1.165, 1.54) is 18.5 Å². The van der Waals surface area contributed by atoms with Crippen molar-refractivity contribution in [2.24, 2.45) is 0 Å². The largest absolute Gasteiger partial charge is 0.397 e. The van der Waals surface area contributed by atoms with Crippen LogP contribution in [0.4, 0.5) is 11.4 Å². The molecule has 1 aromatic heterocycles. The lowest BCUT2D eigenvalue weighted by atomic mass is 10.0. The van der Waals surface area contributed by atoms with Gasteiger partial charge in [0.1, 0.15) is 0 Å². The van der Waals surface area contributed by atoms with E-state index in [1.807, 2.05) is 12.1 Å². The van der Waals surface area contributed by atoms with Gasteiger partial charge < -0.3 is 15.5 Å². The van der Waals surface area contributed by atoms with E-state index < -0.39 is 0 Å². The Balaban J connectivity index is 2.00. The normalized spacial score (nSPS) is 19.8. The molecule has 20 heavy (non-hydrogen) atoms. The highest BCUT2D eigenvalue weighted by Crippen LogP contribution is 2.31. The summed E-state index contributed by atoms with van der Waals surface area (Å²) in [6, 6.07) is 8.83. The average Bonchev–Trinajstić information content (AvgIpc) is 2.48. The third-order valence-corrected chi connectivity index (χ3v) is 4.25. The Morgan fingerprint density at radius 1 is 1.30 bits per heavy atom. The summed E-state index contributed by atoms with van der Waals surface area (Å²) >= 11 is 0. The fourth-order valence-corrected chi connectivity index (χ4v) is 3.05. The first-order valence-corrected chi connectivity index (χ1v) is 7.21. The maximum Gasteiger partial charge on any atom is 0.0951 e. The second kappa shape index (κ2) is 5.29. The predicted molar refractivity (Wildman–Crippen MR) is 85.1 cm³/mol. The van der Waals surface area contributed by atoms with Crippen molar-refractivity contribution in [3.63, 3.8) is 0 Å². The van der Waals surface area contributed by atoms with E-state index >= 15 is 0 Å². The Kier molecular flexibility index (Phi) is 3.49. The molecule has 0 bridgehead atoms. The number of nitrogen functional groups attached to an aromatic ring is 1. The molecular weight excluding hydrogens is 248 g/mol. The lowest BCUT2D eigenvalue weighted by Crippen LogP contribution is -2.45. The highest BCUT2D eigenvalue weighted by Gasteiger charge is 2.22. The number of aromatic nitrogens is 1. The Hall–Kier alpha value is -1.81. The Labute approximate surface area is 120 Å². The van der Waals surface area contributed by atoms with Crippen LogP contribution in [0.5, 0.6) is 0 Å². The van der Waals surface area contributed by atoms with Crippen LogP contribution in [-0.2, 0) is 0 Å². The number of hydrogen-bond donors (Lipinski definition) is 1. The van der Waals surface area contributed by atoms with Crippen molar-refractivity contribution < 1.29 is 0 Å². The number of anilines is 2. The number of nitrogens with two attached hydrogens (primary N) is 1. The molecule has 1 aliphatic heterocycles. The van der Waals surface area contributed by atoms with Crippen LogP contribution in [0.25, 0.3) is 10.9 Å². The van der Waals surface area contributed by atoms with Gasteiger partial charge in [0.25, 0.3) is 0 Å². The molecule has 2 aromatic rings. The molecule has 0 spiro atoms. The molecule has 1 aliphatic rings. The van der Waals surface area contributed by atoms with Crippen LogP contribution in [0.3, 0.4) is 0 Å². The minimum absolute atomic E-state index is 0.619. The topological polar surface area (TPSA) is 45.4 Å². The third kappa shape index (κ3) is 2.31. The number of piperidine rings is 1. The smallest absolute Gasteiger partial charge is 0.0951 e. The standard InChI is InChI=1S/C16H22N4/c1-19(2)12-5-4-10-20(11-12)15-8-7-14(17)16-13(15)6-3-9-18-16/h3,6-9,12H,4-5,10-11,17H2,1-2H3. The quantitative estimate of drug-likeness (QED) is 0.851. The maximum atomic E-state index is 6.04. The van der Waals surface area contributed by atoms with Crippen LogP contribution in [0.15, 0.2) is 30.5 Å². The Morgan fingerprint density at radius 3 is 2.95 bits per heavy atom. The van der Waals surface area contributed by atoms with Crippen LogP contribution in [0, 0.1) is 0 Å². The number of nitrogens with zero attached hydrogens (tertiary/aromatic N) is 3. The highest BCUT2D eigenvalue weighted by molar-refractivity contribution is 5.98. The van der Waals surface area contributed by atoms with E-state index in [2.05, 4.69) is 41.0 Å². The summed E-state index contributed by atoms with van der Waals surface area (Å²) in [5, 5.41) is 1.16. The minimum Gasteiger partial charge on any atom is -0.397 e. The molecule has 2 N–H and O–H groups in total. The van der Waals surface area contributed by atoms with Gasteiger partial charge in [0.05, 0.1) is 11.2 Å². The Bertz CT molecular complexity index is 608. The van der Waals surface area contributed by atoms with Gasteiger partial charge >= 0.3 is 0 Å². The fourth-order valence-electron chi connectivity index (χ4n) is 3.05. The zero-order valence-electron chi connectivity index (χ0n) is 12.2. The molecule has 2 heterocycles. The molecule has 3 rings (SSSR count). The van der Waals surface area contributed by atoms with Gasteiger partial charge in [-0.3, -0.25) is 4.98 Å². The van der Waals surface area contributed by atoms with E-state index in [0.717, 1.165) is 29.7 Å². The van der Waals surface area contributed by atoms with Gasteiger partial charge in [-0.05, 0) is 51.2 Å². The third-order valence-electron chi connectivity index (χ3n) is 4.25. The first kappa shape index (κ1) is 13.2. The van der Waals surface area contributed by atoms with Gasteiger partial charge in [0.2, 0.25) is 0 Å². The van der Waals surface area contributed by atoms with Crippen LogP contribution >= 0.6 is 0 Å². The highest BCUT2D eigenvalue weighted by atomic mass is 15.2. The second-order valence-corrected chi connectivity index (χ2v) is 5.78. The lowest BCUT2D eigenvalue weighted by molar-refractivity contribution is 0.258. The summed E-state index contributed by atoms with van der Waals surface area (Å²) in [6.45, 7) is 2.18. The molecule has 4 nitrogen and oxygen atoms in total. The van der Waals surface area contributed by atoms with E-state index in [-0.39, 0.29) is 0 Å². The SMILES string of the molecule is CN(C)C1CCCN(c2ccc(N)c3ncccc23)C1. The average molecular weight is 270 g/mol. The van der Waals surface area contributed by atoms with Crippen molar-refractivity contribution >= 4 is 22.3 Å². The predicted octanol–water partition coefficient (Wildman–Crippen LogP) is 2.35. The molecule has 1 unspecified atom stereocenters. The first-order chi connectivity index (χ1) is 9.66. The molecule has 0 amide bonds. The first-order valence-electron chi connectivity index (χ1n) is 7.21. The zero-order valence-corrected chi connectivity index (χ0v) is 12.2. The van der Waals surface area contributed by atoms with Crippen LogP contribution < -0.4 is 10.6 Å². The summed E-state index contributed by atoms with van der Waals surface area (Å²) in [5.41, 5.74) is 8.97. The molecule has 1 saturated heterocycles. The number of rotatable bonds is 2. The molecule has 0 saturated carbocycles. The molecule has 0 aliphatic carbocycles. The molecular formula is C16H22N4. The number of fused-ring (bicyclic) bond motifs is 1. The van der Waals surface area contributed by atoms with Gasteiger partial charge in [-0.1, -0.05) is 0 Å². The summed E-state index contributed by atoms with van der Waals surface area (Å²) in [5.74, 6) is 0. The minimum atomic E-state index is 0.619. The van der Waals surface area contributed by atoms with Gasteiger partial charge in [-0.25, -0.2) is 0 Å². The van der Waals surface area contributed by atoms with Crippen molar-refractivity contribution in [1.29, 1.82) is 0 Å². The Morgan fingerprint density at radius 2 is 2.15 bits per heavy atom. The van der Waals surface area contributed by atoms with Crippen molar-refractivity contribution in [1.82, 2.24) is 9.88 Å². The number of pyridine rings is 1. The number of hydrogen-bond acceptors (Lipinski definition) is 4. The maximum absolute atomic E-state index is 6.04. The summed E-state index contributed by atoms with van der Waals surface area (Å²) in [6.07, 6.45) is 4.31. The van der Waals surface area contributed by atoms with E-state index in [9.17, 15) is 0 Å². The fraction of sp³-hybridized carbons (Fsp3) is 0.438. The van der Waals surface area contributed by atoms with Crippen LogP contribution in [0.2, 0.25) is 0 Å². The molecule has 1 atom stereocenters. The van der Waals surface area contributed by atoms with E-state index in [0.29, 0.717) is 6.04 Å². The molecule has 1 fully saturated rings. The van der Waals surface area contributed by atoms with Crippen molar-refractivity contribution in [2.45, 2.75) is 18.9 Å². The second-order valence-electron chi connectivity index (χ2n) is 5.78. The van der Waals surface area contributed by atoms with Crippen molar-refractivity contribution in [3.8, 4) is 0 Å². The van der Waals surface area contributed by atoms with E-state index in [1.54, 1.807) is 6.20 Å². The van der Waals surface area contributed by atoms with Crippen LogP contribution in [-0.4, -0.2) is 43.1 Å². The molecule has 0 radical (unpaired) electrons. The molecule has 106 valence electrons. The van der Waals surface area contributed by atoms with Gasteiger partial charge in [-0.2, -0.15) is 0 Å².